The van der Waals surface area contributed by atoms with E-state index in [9.17, 15) is 9.59 Å². The van der Waals surface area contributed by atoms with E-state index in [1.807, 2.05) is 0 Å². The fourth-order valence-corrected chi connectivity index (χ4v) is 2.68. The molecular formula is C17H22ClNO5. The van der Waals surface area contributed by atoms with Gasteiger partial charge in [-0.1, -0.05) is 23.7 Å². The van der Waals surface area contributed by atoms with Gasteiger partial charge in [0.2, 0.25) is 5.91 Å². The predicted octanol–water partition coefficient (Wildman–Crippen LogP) is 2.56. The lowest BCUT2D eigenvalue weighted by atomic mass is 10.0. The minimum Gasteiger partial charge on any atom is -0.481 e. The van der Waals surface area contributed by atoms with Gasteiger partial charge in [-0.25, -0.2) is 0 Å². The van der Waals surface area contributed by atoms with Gasteiger partial charge in [0.25, 0.3) is 0 Å². The molecule has 1 aliphatic heterocycles. The molecule has 0 radical (unpaired) electrons. The molecule has 6 nitrogen and oxygen atoms in total. The number of carboxylic acid groups (broad SMARTS) is 1. The van der Waals surface area contributed by atoms with Gasteiger partial charge in [-0.3, -0.25) is 9.59 Å². The van der Waals surface area contributed by atoms with E-state index in [4.69, 9.17) is 26.2 Å². The Labute approximate surface area is 146 Å². The first-order valence-electron chi connectivity index (χ1n) is 8.00. The molecule has 0 bridgehead atoms. The summed E-state index contributed by atoms with van der Waals surface area (Å²) in [6.07, 6.45) is 1.83. The summed E-state index contributed by atoms with van der Waals surface area (Å²) in [5, 5.41) is 12.4. The van der Waals surface area contributed by atoms with Crippen LogP contribution in [0.1, 0.15) is 37.3 Å². The molecular weight excluding hydrogens is 334 g/mol. The van der Waals surface area contributed by atoms with Crippen LogP contribution in [0.4, 0.5) is 0 Å². The predicted molar refractivity (Wildman–Crippen MR) is 89.0 cm³/mol. The number of carbonyl (C=O) groups excluding carboxylic acids is 1. The van der Waals surface area contributed by atoms with Crippen molar-refractivity contribution >= 4 is 23.5 Å². The number of carbonyl (C=O) groups is 2. The lowest BCUT2D eigenvalue weighted by molar-refractivity contribution is -0.137. The van der Waals surface area contributed by atoms with Crippen molar-refractivity contribution in [1.82, 2.24) is 5.32 Å². The zero-order valence-corrected chi connectivity index (χ0v) is 14.1. The SMILES string of the molecule is O=C(O)C[C@H](NC(=O)CCOC1CCOCC1)c1ccc(Cl)cc1. The monoisotopic (exact) mass is 355 g/mol. The second kappa shape index (κ2) is 9.61. The summed E-state index contributed by atoms with van der Waals surface area (Å²) in [5.74, 6) is -1.21. The Morgan fingerprint density at radius 3 is 2.58 bits per heavy atom. The van der Waals surface area contributed by atoms with E-state index in [1.165, 1.54) is 0 Å². The van der Waals surface area contributed by atoms with Gasteiger partial charge in [-0.05, 0) is 30.5 Å². The Bertz CT molecular complexity index is 542. The Kier molecular flexibility index (Phi) is 7.49. The first kappa shape index (κ1) is 18.7. The third-order valence-electron chi connectivity index (χ3n) is 3.84. The second-order valence-corrected chi connectivity index (χ2v) is 6.14. The molecule has 132 valence electrons. The summed E-state index contributed by atoms with van der Waals surface area (Å²) in [6.45, 7) is 1.69. The highest BCUT2D eigenvalue weighted by Gasteiger charge is 2.19. The maximum Gasteiger partial charge on any atom is 0.305 e. The van der Waals surface area contributed by atoms with Crippen molar-refractivity contribution < 1.29 is 24.2 Å². The number of amides is 1. The molecule has 1 fully saturated rings. The van der Waals surface area contributed by atoms with Crippen molar-refractivity contribution in [3.05, 3.63) is 34.9 Å². The van der Waals surface area contributed by atoms with Gasteiger partial charge < -0.3 is 19.9 Å². The van der Waals surface area contributed by atoms with Crippen molar-refractivity contribution in [3.8, 4) is 0 Å². The van der Waals surface area contributed by atoms with E-state index < -0.39 is 12.0 Å². The van der Waals surface area contributed by atoms with Gasteiger partial charge in [-0.15, -0.1) is 0 Å². The van der Waals surface area contributed by atoms with Crippen LogP contribution < -0.4 is 5.32 Å². The minimum atomic E-state index is -0.978. The van der Waals surface area contributed by atoms with Gasteiger partial charge in [-0.2, -0.15) is 0 Å². The van der Waals surface area contributed by atoms with Crippen LogP contribution in [0.25, 0.3) is 0 Å². The fraction of sp³-hybridized carbons (Fsp3) is 0.529. The number of hydrogen-bond acceptors (Lipinski definition) is 4. The number of carboxylic acids is 1. The van der Waals surface area contributed by atoms with Crippen LogP contribution >= 0.6 is 11.6 Å². The fourth-order valence-electron chi connectivity index (χ4n) is 2.55. The lowest BCUT2D eigenvalue weighted by Gasteiger charge is -2.22. The van der Waals surface area contributed by atoms with E-state index in [2.05, 4.69) is 5.32 Å². The molecule has 24 heavy (non-hydrogen) atoms. The standard InChI is InChI=1S/C17H22ClNO5/c18-13-3-1-12(2-4-13)15(11-17(21)22)19-16(20)7-10-24-14-5-8-23-9-6-14/h1-4,14-15H,5-11H2,(H,19,20)(H,21,22)/t15-/m0/s1. The molecule has 1 amide bonds. The molecule has 1 saturated heterocycles. The second-order valence-electron chi connectivity index (χ2n) is 5.70. The molecule has 1 heterocycles. The van der Waals surface area contributed by atoms with Crippen molar-refractivity contribution in [1.29, 1.82) is 0 Å². The lowest BCUT2D eigenvalue weighted by Crippen LogP contribution is -2.31. The number of rotatable bonds is 8. The van der Waals surface area contributed by atoms with Crippen LogP contribution in [-0.2, 0) is 19.1 Å². The minimum absolute atomic E-state index is 0.137. The van der Waals surface area contributed by atoms with Gasteiger partial charge in [0, 0.05) is 24.7 Å². The molecule has 0 saturated carbocycles. The third-order valence-corrected chi connectivity index (χ3v) is 4.09. The maximum absolute atomic E-state index is 12.1. The molecule has 7 heteroatoms. The molecule has 1 atom stereocenters. The average Bonchev–Trinajstić information content (AvgIpc) is 2.55. The highest BCUT2D eigenvalue weighted by Crippen LogP contribution is 2.20. The van der Waals surface area contributed by atoms with Crippen molar-refractivity contribution in [2.24, 2.45) is 0 Å². The van der Waals surface area contributed by atoms with Crippen molar-refractivity contribution in [3.63, 3.8) is 0 Å². The number of hydrogen-bond donors (Lipinski definition) is 2. The van der Waals surface area contributed by atoms with Crippen LogP contribution in [-0.4, -0.2) is 42.9 Å². The normalized spacial score (nSPS) is 16.5. The molecule has 0 unspecified atom stereocenters. The first-order chi connectivity index (χ1) is 11.5. The van der Waals surface area contributed by atoms with Crippen LogP contribution in [0.5, 0.6) is 0 Å². The van der Waals surface area contributed by atoms with Crippen LogP contribution in [0, 0.1) is 0 Å². The summed E-state index contributed by atoms with van der Waals surface area (Å²) in [7, 11) is 0. The third kappa shape index (κ3) is 6.47. The van der Waals surface area contributed by atoms with Crippen molar-refractivity contribution in [2.75, 3.05) is 19.8 Å². The molecule has 2 rings (SSSR count). The van der Waals surface area contributed by atoms with Crippen LogP contribution in [0.2, 0.25) is 5.02 Å². The number of halogens is 1. The van der Waals surface area contributed by atoms with E-state index in [1.54, 1.807) is 24.3 Å². The summed E-state index contributed by atoms with van der Waals surface area (Å²) in [5.41, 5.74) is 0.709. The Hall–Kier alpha value is -1.63. The number of aliphatic carboxylic acids is 1. The molecule has 2 N–H and O–H groups in total. The van der Waals surface area contributed by atoms with Crippen molar-refractivity contribution in [2.45, 2.75) is 37.8 Å². The maximum atomic E-state index is 12.1. The molecule has 1 aromatic carbocycles. The summed E-state index contributed by atoms with van der Waals surface area (Å²) < 4.78 is 10.9. The quantitative estimate of drug-likeness (QED) is 0.748. The Morgan fingerprint density at radius 1 is 1.29 bits per heavy atom. The zero-order chi connectivity index (χ0) is 17.4. The smallest absolute Gasteiger partial charge is 0.305 e. The van der Waals surface area contributed by atoms with E-state index >= 15 is 0 Å². The van der Waals surface area contributed by atoms with Gasteiger partial charge in [0.15, 0.2) is 0 Å². The Morgan fingerprint density at radius 2 is 1.96 bits per heavy atom. The number of nitrogens with one attached hydrogen (secondary N) is 1. The van der Waals surface area contributed by atoms with E-state index in [0.29, 0.717) is 30.4 Å². The average molecular weight is 356 g/mol. The summed E-state index contributed by atoms with van der Waals surface area (Å²) in [4.78, 5) is 23.1. The van der Waals surface area contributed by atoms with Gasteiger partial charge in [0.05, 0.1) is 25.2 Å². The van der Waals surface area contributed by atoms with Gasteiger partial charge >= 0.3 is 5.97 Å². The van der Waals surface area contributed by atoms with Gasteiger partial charge in [0.1, 0.15) is 0 Å². The highest BCUT2D eigenvalue weighted by atomic mass is 35.5. The topological polar surface area (TPSA) is 84.9 Å². The highest BCUT2D eigenvalue weighted by molar-refractivity contribution is 6.30. The first-order valence-corrected chi connectivity index (χ1v) is 8.38. The molecule has 1 aliphatic rings. The number of ether oxygens (including phenoxy) is 2. The number of benzene rings is 1. The van der Waals surface area contributed by atoms with E-state index in [-0.39, 0.29) is 24.9 Å². The Balaban J connectivity index is 1.82. The summed E-state index contributed by atoms with van der Waals surface area (Å²) >= 11 is 5.84. The summed E-state index contributed by atoms with van der Waals surface area (Å²) in [6, 6.07) is 6.19. The van der Waals surface area contributed by atoms with Crippen LogP contribution in [0.3, 0.4) is 0 Å². The molecule has 0 aliphatic carbocycles. The largest absolute Gasteiger partial charge is 0.481 e. The zero-order valence-electron chi connectivity index (χ0n) is 13.4. The molecule has 0 spiro atoms. The van der Waals surface area contributed by atoms with E-state index in [0.717, 1.165) is 12.8 Å². The van der Waals surface area contributed by atoms with Crippen LogP contribution in [0.15, 0.2) is 24.3 Å². The molecule has 0 aromatic heterocycles. The molecule has 1 aromatic rings.